The van der Waals surface area contributed by atoms with E-state index >= 15 is 0 Å². The number of primary amides is 1. The summed E-state index contributed by atoms with van der Waals surface area (Å²) in [5, 5.41) is 9.44. The average molecular weight is 363 g/mol. The number of anilines is 1. The summed E-state index contributed by atoms with van der Waals surface area (Å²) in [6, 6.07) is 3.96. The second-order valence-electron chi connectivity index (χ2n) is 5.91. The number of amides is 2. The smallest absolute Gasteiger partial charge is 0.412 e. The Balaban J connectivity index is 2.11. The molecule has 0 saturated carbocycles. The van der Waals surface area contributed by atoms with E-state index in [9.17, 15) is 23.5 Å². The quantitative estimate of drug-likeness (QED) is 0.870. The van der Waals surface area contributed by atoms with Crippen LogP contribution < -0.4 is 15.4 Å². The topological polar surface area (TPSA) is 106 Å². The van der Waals surface area contributed by atoms with Gasteiger partial charge in [-0.25, -0.2) is 18.6 Å². The molecular weight excluding hydrogens is 348 g/mol. The highest BCUT2D eigenvalue weighted by atomic mass is 19.1. The molecule has 0 spiro atoms. The molecule has 3 N–H and O–H groups in total. The fourth-order valence-electron chi connectivity index (χ4n) is 2.83. The third kappa shape index (κ3) is 3.15. The van der Waals surface area contributed by atoms with Gasteiger partial charge in [0.1, 0.15) is 29.6 Å². The third-order valence-electron chi connectivity index (χ3n) is 4.04. The van der Waals surface area contributed by atoms with Crippen molar-refractivity contribution in [3.05, 3.63) is 52.7 Å². The number of carboxylic acid groups (broad SMARTS) is 1. The van der Waals surface area contributed by atoms with Crippen LogP contribution >= 0.6 is 0 Å². The van der Waals surface area contributed by atoms with E-state index in [1.165, 1.54) is 12.1 Å². The molecule has 0 radical (unpaired) electrons. The maximum Gasteiger partial charge on any atom is 0.412 e. The van der Waals surface area contributed by atoms with Crippen LogP contribution in [0.5, 0.6) is 5.88 Å². The van der Waals surface area contributed by atoms with Crippen LogP contribution in [0.25, 0.3) is 0 Å². The van der Waals surface area contributed by atoms with Crippen molar-refractivity contribution in [2.75, 3.05) is 11.5 Å². The number of rotatable bonds is 3. The van der Waals surface area contributed by atoms with Gasteiger partial charge in [-0.05, 0) is 30.2 Å². The zero-order valence-corrected chi connectivity index (χ0v) is 13.7. The van der Waals surface area contributed by atoms with Crippen LogP contribution in [-0.2, 0) is 6.42 Å². The zero-order chi connectivity index (χ0) is 19.0. The highest BCUT2D eigenvalue weighted by Crippen LogP contribution is 2.35. The highest BCUT2D eigenvalue weighted by molar-refractivity contribution is 5.95. The molecule has 0 bridgehead atoms. The van der Waals surface area contributed by atoms with Crippen molar-refractivity contribution in [3.8, 4) is 5.88 Å². The van der Waals surface area contributed by atoms with Gasteiger partial charge in [-0.1, -0.05) is 6.07 Å². The number of aromatic nitrogens is 1. The molecule has 2 heterocycles. The summed E-state index contributed by atoms with van der Waals surface area (Å²) in [6.45, 7) is 1.72. The van der Waals surface area contributed by atoms with Crippen molar-refractivity contribution in [1.82, 2.24) is 4.98 Å². The predicted molar refractivity (Wildman–Crippen MR) is 87.4 cm³/mol. The van der Waals surface area contributed by atoms with Gasteiger partial charge < -0.3 is 15.6 Å². The minimum absolute atomic E-state index is 0.0392. The number of carbonyl (C=O) groups is 2. The summed E-state index contributed by atoms with van der Waals surface area (Å²) in [5.41, 5.74) is 5.65. The van der Waals surface area contributed by atoms with Gasteiger partial charge in [-0.15, -0.1) is 0 Å². The molecule has 1 aromatic carbocycles. The van der Waals surface area contributed by atoms with Crippen molar-refractivity contribution in [1.29, 1.82) is 0 Å². The molecule has 136 valence electrons. The Hall–Kier alpha value is -3.23. The second-order valence-corrected chi connectivity index (χ2v) is 5.91. The van der Waals surface area contributed by atoms with E-state index in [4.69, 9.17) is 10.5 Å². The molecule has 0 aliphatic carbocycles. The van der Waals surface area contributed by atoms with E-state index in [1.54, 1.807) is 6.92 Å². The number of nitrogens with zero attached hydrogens (tertiary/aromatic N) is 2. The molecule has 2 amide bonds. The van der Waals surface area contributed by atoms with Crippen molar-refractivity contribution in [3.63, 3.8) is 0 Å². The molecule has 1 aliphatic heterocycles. The summed E-state index contributed by atoms with van der Waals surface area (Å²) in [7, 11) is 0. The van der Waals surface area contributed by atoms with Crippen molar-refractivity contribution < 1.29 is 28.2 Å². The fraction of sp³-hybridized carbons (Fsp3) is 0.235. The van der Waals surface area contributed by atoms with E-state index in [1.807, 2.05) is 0 Å². The third-order valence-corrected chi connectivity index (χ3v) is 4.04. The van der Waals surface area contributed by atoms with Crippen molar-refractivity contribution >= 4 is 17.7 Å². The second kappa shape index (κ2) is 6.58. The number of hydrogen-bond acceptors (Lipinski definition) is 4. The molecule has 1 atom stereocenters. The largest absolute Gasteiger partial charge is 0.474 e. The first-order valence-electron chi connectivity index (χ1n) is 7.70. The van der Waals surface area contributed by atoms with Gasteiger partial charge in [0.15, 0.2) is 0 Å². The first kappa shape index (κ1) is 17.6. The van der Waals surface area contributed by atoms with Crippen LogP contribution in [-0.4, -0.2) is 34.7 Å². The summed E-state index contributed by atoms with van der Waals surface area (Å²) >= 11 is 0. The molecule has 9 heteroatoms. The standard InChI is InChI=1S/C17H15F2N3O4/c1-8-7-26-16-13(22(8)17(24)25)5-10(14(21-16)15(20)23)4-9-2-3-11(18)6-12(9)19/h2-3,5-6,8H,4,7H2,1H3,(H2,20,23)(H,24,25). The summed E-state index contributed by atoms with van der Waals surface area (Å²) in [4.78, 5) is 28.4. The predicted octanol–water partition coefficient (Wildman–Crippen LogP) is 2.31. The SMILES string of the molecule is CC1COc2nc(C(N)=O)c(Cc3ccc(F)cc3F)cc2N1C(=O)O. The first-order valence-corrected chi connectivity index (χ1v) is 7.70. The maximum absolute atomic E-state index is 14.0. The number of pyridine rings is 1. The molecule has 3 rings (SSSR count). The van der Waals surface area contributed by atoms with E-state index in [2.05, 4.69) is 4.98 Å². The normalized spacial score (nSPS) is 16.0. The number of benzene rings is 1. The average Bonchev–Trinajstić information content (AvgIpc) is 2.56. The lowest BCUT2D eigenvalue weighted by atomic mass is 10.0. The molecule has 7 nitrogen and oxygen atoms in total. The Labute approximate surface area is 147 Å². The van der Waals surface area contributed by atoms with E-state index in [0.717, 1.165) is 17.0 Å². The highest BCUT2D eigenvalue weighted by Gasteiger charge is 2.32. The molecule has 1 aliphatic rings. The van der Waals surface area contributed by atoms with Gasteiger partial charge >= 0.3 is 6.09 Å². The monoisotopic (exact) mass is 363 g/mol. The lowest BCUT2D eigenvalue weighted by molar-refractivity contribution is 0.0993. The summed E-state index contributed by atoms with van der Waals surface area (Å²) < 4.78 is 32.5. The molecule has 1 unspecified atom stereocenters. The fourth-order valence-corrected chi connectivity index (χ4v) is 2.83. The number of nitrogens with two attached hydrogens (primary N) is 1. The van der Waals surface area contributed by atoms with Crippen LogP contribution in [0, 0.1) is 11.6 Å². The van der Waals surface area contributed by atoms with Gasteiger partial charge in [-0.2, -0.15) is 0 Å². The molecule has 0 saturated heterocycles. The molecule has 1 aromatic heterocycles. The number of fused-ring (bicyclic) bond motifs is 1. The maximum atomic E-state index is 14.0. The Morgan fingerprint density at radius 2 is 2.08 bits per heavy atom. The lowest BCUT2D eigenvalue weighted by Crippen LogP contribution is -2.44. The lowest BCUT2D eigenvalue weighted by Gasteiger charge is -2.32. The van der Waals surface area contributed by atoms with Gasteiger partial charge in [0, 0.05) is 12.5 Å². The van der Waals surface area contributed by atoms with Crippen LogP contribution in [0.3, 0.4) is 0 Å². The van der Waals surface area contributed by atoms with Gasteiger partial charge in [0.25, 0.3) is 5.91 Å². The molecular formula is C17H15F2N3O4. The minimum Gasteiger partial charge on any atom is -0.474 e. The van der Waals surface area contributed by atoms with Crippen LogP contribution in [0.2, 0.25) is 0 Å². The number of carbonyl (C=O) groups excluding carboxylic acids is 1. The Bertz CT molecular complexity index is 904. The Morgan fingerprint density at radius 3 is 2.69 bits per heavy atom. The zero-order valence-electron chi connectivity index (χ0n) is 13.7. The van der Waals surface area contributed by atoms with E-state index in [-0.39, 0.29) is 41.4 Å². The van der Waals surface area contributed by atoms with E-state index in [0.29, 0.717) is 0 Å². The molecule has 2 aromatic rings. The van der Waals surface area contributed by atoms with Crippen LogP contribution in [0.15, 0.2) is 24.3 Å². The number of halogens is 2. The Kier molecular flexibility index (Phi) is 4.45. The van der Waals surface area contributed by atoms with Crippen LogP contribution in [0.4, 0.5) is 19.3 Å². The van der Waals surface area contributed by atoms with Gasteiger partial charge in [-0.3, -0.25) is 9.69 Å². The summed E-state index contributed by atoms with van der Waals surface area (Å²) in [6.07, 6.45) is -1.33. The van der Waals surface area contributed by atoms with Gasteiger partial charge in [0.2, 0.25) is 5.88 Å². The summed E-state index contributed by atoms with van der Waals surface area (Å²) in [5.74, 6) is -2.43. The Morgan fingerprint density at radius 1 is 1.35 bits per heavy atom. The van der Waals surface area contributed by atoms with Crippen LogP contribution in [0.1, 0.15) is 28.5 Å². The first-order chi connectivity index (χ1) is 12.3. The van der Waals surface area contributed by atoms with Crippen molar-refractivity contribution in [2.45, 2.75) is 19.4 Å². The molecule has 0 fully saturated rings. The van der Waals surface area contributed by atoms with Gasteiger partial charge in [0.05, 0.1) is 6.04 Å². The van der Waals surface area contributed by atoms with Crippen molar-refractivity contribution in [2.24, 2.45) is 5.73 Å². The number of hydrogen-bond donors (Lipinski definition) is 2. The number of ether oxygens (including phenoxy) is 1. The minimum atomic E-state index is -1.21. The van der Waals surface area contributed by atoms with E-state index < -0.39 is 29.7 Å². The molecule has 26 heavy (non-hydrogen) atoms.